The molecule has 2 aliphatic rings. The van der Waals surface area contributed by atoms with Crippen LogP contribution >= 0.6 is 0 Å². The molecule has 8 aromatic carbocycles. The van der Waals surface area contributed by atoms with E-state index in [-0.39, 0.29) is 10.8 Å². The molecule has 2 heteroatoms. The lowest BCUT2D eigenvalue weighted by atomic mass is 9.82. The van der Waals surface area contributed by atoms with Crippen LogP contribution in [0.4, 0.5) is 34.1 Å². The number of hydrogen-bond donors (Lipinski definition) is 0. The van der Waals surface area contributed by atoms with Gasteiger partial charge < -0.3 is 9.80 Å². The summed E-state index contributed by atoms with van der Waals surface area (Å²) in [6.45, 7) is 13.8. The minimum absolute atomic E-state index is 0.0957. The molecule has 0 atom stereocenters. The number of fused-ring (bicyclic) bond motifs is 6. The standard InChI is InChI=1S/C58H50N2/c1-39-34-40(2)36-48(35-39)59(43-14-8-7-9-15-43)44-26-22-41(23-27-44)20-21-42-24-28-45(29-25-42)60(46-30-32-51-49-16-10-12-18-53(49)57(3,4)55(51)37-46)47-31-33-52-50-17-11-13-19-54(50)58(5,6)56(52)38-47/h7-38H,1-6H3/b21-20+. The van der Waals surface area contributed by atoms with Crippen molar-refractivity contribution in [3.8, 4) is 22.3 Å². The van der Waals surface area contributed by atoms with Crippen molar-refractivity contribution in [2.45, 2.75) is 52.4 Å². The first-order valence-corrected chi connectivity index (χ1v) is 21.2. The van der Waals surface area contributed by atoms with Crippen molar-refractivity contribution in [2.24, 2.45) is 0 Å². The van der Waals surface area contributed by atoms with Gasteiger partial charge in [0.15, 0.2) is 0 Å². The molecule has 292 valence electrons. The van der Waals surface area contributed by atoms with Crippen LogP contribution in [0, 0.1) is 13.8 Å². The Bertz CT molecular complexity index is 2800. The predicted octanol–water partition coefficient (Wildman–Crippen LogP) is 16.0. The van der Waals surface area contributed by atoms with E-state index in [1.165, 1.54) is 61.3 Å². The van der Waals surface area contributed by atoms with Crippen molar-refractivity contribution < 1.29 is 0 Å². The fourth-order valence-electron chi connectivity index (χ4n) is 9.88. The van der Waals surface area contributed by atoms with Crippen LogP contribution in [0.1, 0.15) is 72.2 Å². The molecule has 8 aromatic rings. The normalized spacial score (nSPS) is 14.0. The number of aryl methyl sites for hydroxylation is 2. The van der Waals surface area contributed by atoms with Gasteiger partial charge in [0.05, 0.1) is 0 Å². The summed E-state index contributed by atoms with van der Waals surface area (Å²) in [4.78, 5) is 4.78. The van der Waals surface area contributed by atoms with Gasteiger partial charge in [0.2, 0.25) is 0 Å². The molecule has 0 N–H and O–H groups in total. The summed E-state index contributed by atoms with van der Waals surface area (Å²) in [6, 6.07) is 67.2. The molecule has 0 saturated carbocycles. The lowest BCUT2D eigenvalue weighted by Gasteiger charge is -2.29. The van der Waals surface area contributed by atoms with E-state index < -0.39 is 0 Å². The lowest BCUT2D eigenvalue weighted by Crippen LogP contribution is -2.18. The summed E-state index contributed by atoms with van der Waals surface area (Å²) in [5.74, 6) is 0. The largest absolute Gasteiger partial charge is 0.310 e. The van der Waals surface area contributed by atoms with E-state index in [1.807, 2.05) is 0 Å². The van der Waals surface area contributed by atoms with Crippen molar-refractivity contribution in [3.05, 3.63) is 226 Å². The highest BCUT2D eigenvalue weighted by Gasteiger charge is 2.37. The second kappa shape index (κ2) is 14.4. The smallest absolute Gasteiger partial charge is 0.0466 e. The summed E-state index contributed by atoms with van der Waals surface area (Å²) < 4.78 is 0. The zero-order chi connectivity index (χ0) is 41.2. The Kier molecular flexibility index (Phi) is 8.99. The van der Waals surface area contributed by atoms with Crippen LogP contribution in [0.5, 0.6) is 0 Å². The van der Waals surface area contributed by atoms with Crippen molar-refractivity contribution in [1.29, 1.82) is 0 Å². The molecule has 0 aliphatic heterocycles. The van der Waals surface area contributed by atoms with E-state index in [0.717, 1.165) is 39.6 Å². The molecule has 0 heterocycles. The molecule has 60 heavy (non-hydrogen) atoms. The first-order chi connectivity index (χ1) is 29.1. The minimum Gasteiger partial charge on any atom is -0.310 e. The SMILES string of the molecule is Cc1cc(C)cc(N(c2ccccc2)c2ccc(/C=C/c3ccc(N(c4ccc5c(c4)C(C)(C)c4ccccc4-5)c4ccc5c(c4)C(C)(C)c4ccccc4-5)cc3)cc2)c1. The zero-order valence-electron chi connectivity index (χ0n) is 35.4. The zero-order valence-corrected chi connectivity index (χ0v) is 35.4. The maximum Gasteiger partial charge on any atom is 0.0466 e. The quantitative estimate of drug-likeness (QED) is 0.142. The fraction of sp³-hybridized carbons (Fsp3) is 0.138. The van der Waals surface area contributed by atoms with Crippen LogP contribution in [-0.2, 0) is 10.8 Å². The van der Waals surface area contributed by atoms with Gasteiger partial charge in [-0.2, -0.15) is 0 Å². The van der Waals surface area contributed by atoms with E-state index >= 15 is 0 Å². The van der Waals surface area contributed by atoms with Crippen LogP contribution in [-0.4, -0.2) is 0 Å². The third-order valence-electron chi connectivity index (χ3n) is 12.9. The fourth-order valence-corrected chi connectivity index (χ4v) is 9.88. The molecular weight excluding hydrogens is 725 g/mol. The van der Waals surface area contributed by atoms with E-state index in [1.54, 1.807) is 0 Å². The summed E-state index contributed by atoms with van der Waals surface area (Å²) >= 11 is 0. The average Bonchev–Trinajstić information content (AvgIpc) is 3.63. The van der Waals surface area contributed by atoms with Gasteiger partial charge in [-0.05, 0) is 153 Å². The van der Waals surface area contributed by atoms with Gasteiger partial charge >= 0.3 is 0 Å². The Morgan fingerprint density at radius 3 is 1.15 bits per heavy atom. The van der Waals surface area contributed by atoms with Gasteiger partial charge in [0.1, 0.15) is 0 Å². The van der Waals surface area contributed by atoms with Crippen LogP contribution in [0.25, 0.3) is 34.4 Å². The molecule has 2 nitrogen and oxygen atoms in total. The molecule has 2 aliphatic carbocycles. The van der Waals surface area contributed by atoms with Crippen molar-refractivity contribution >= 4 is 46.3 Å². The minimum atomic E-state index is -0.0957. The Balaban J connectivity index is 0.985. The molecule has 0 fully saturated rings. The second-order valence-corrected chi connectivity index (χ2v) is 17.7. The van der Waals surface area contributed by atoms with Crippen LogP contribution in [0.2, 0.25) is 0 Å². The number of anilines is 6. The van der Waals surface area contributed by atoms with Gasteiger partial charge in [-0.25, -0.2) is 0 Å². The molecule has 10 rings (SSSR count). The van der Waals surface area contributed by atoms with Gasteiger partial charge in [0, 0.05) is 45.0 Å². The molecule has 0 bridgehead atoms. The van der Waals surface area contributed by atoms with Crippen LogP contribution in [0.3, 0.4) is 0 Å². The number of hydrogen-bond acceptors (Lipinski definition) is 2. The Morgan fingerprint density at radius 2 is 0.683 bits per heavy atom. The summed E-state index contributed by atoms with van der Waals surface area (Å²) in [6.07, 6.45) is 4.42. The third kappa shape index (κ3) is 6.35. The Morgan fingerprint density at radius 1 is 0.317 bits per heavy atom. The van der Waals surface area contributed by atoms with Crippen LogP contribution < -0.4 is 9.80 Å². The van der Waals surface area contributed by atoms with Crippen molar-refractivity contribution in [1.82, 2.24) is 0 Å². The van der Waals surface area contributed by atoms with E-state index in [4.69, 9.17) is 0 Å². The van der Waals surface area contributed by atoms with Gasteiger partial charge in [-0.3, -0.25) is 0 Å². The molecule has 0 amide bonds. The second-order valence-electron chi connectivity index (χ2n) is 17.7. The number of benzene rings is 8. The molecular formula is C58H50N2. The van der Waals surface area contributed by atoms with E-state index in [0.29, 0.717) is 0 Å². The third-order valence-corrected chi connectivity index (χ3v) is 12.9. The maximum absolute atomic E-state index is 2.44. The number of rotatable bonds is 8. The molecule has 0 aromatic heterocycles. The lowest BCUT2D eigenvalue weighted by molar-refractivity contribution is 0.660. The highest BCUT2D eigenvalue weighted by molar-refractivity contribution is 5.89. The summed E-state index contributed by atoms with van der Waals surface area (Å²) in [5.41, 5.74) is 22.4. The van der Waals surface area contributed by atoms with Gasteiger partial charge in [-0.15, -0.1) is 0 Å². The van der Waals surface area contributed by atoms with E-state index in [9.17, 15) is 0 Å². The van der Waals surface area contributed by atoms with E-state index in [2.05, 4.69) is 245 Å². The predicted molar refractivity (Wildman–Crippen MR) is 256 cm³/mol. The first kappa shape index (κ1) is 37.4. The molecule has 0 saturated heterocycles. The average molecular weight is 775 g/mol. The van der Waals surface area contributed by atoms with Gasteiger partial charge in [0.25, 0.3) is 0 Å². The summed E-state index contributed by atoms with van der Waals surface area (Å²) in [5, 5.41) is 0. The summed E-state index contributed by atoms with van der Waals surface area (Å²) in [7, 11) is 0. The topological polar surface area (TPSA) is 6.48 Å². The molecule has 0 radical (unpaired) electrons. The van der Waals surface area contributed by atoms with Crippen LogP contribution in [0.15, 0.2) is 182 Å². The highest BCUT2D eigenvalue weighted by atomic mass is 15.1. The number of para-hydroxylation sites is 1. The Hall–Kier alpha value is -6.90. The van der Waals surface area contributed by atoms with Crippen molar-refractivity contribution in [2.75, 3.05) is 9.80 Å². The molecule has 0 unspecified atom stereocenters. The van der Waals surface area contributed by atoms with Crippen molar-refractivity contribution in [3.63, 3.8) is 0 Å². The first-order valence-electron chi connectivity index (χ1n) is 21.2. The Labute approximate surface area is 355 Å². The maximum atomic E-state index is 2.44. The number of nitrogens with zero attached hydrogens (tertiary/aromatic N) is 2. The van der Waals surface area contributed by atoms with Gasteiger partial charge in [-0.1, -0.05) is 149 Å². The monoisotopic (exact) mass is 774 g/mol. The molecule has 0 spiro atoms. The highest BCUT2D eigenvalue weighted by Crippen LogP contribution is 2.53.